The molecule has 98 valence electrons. The van der Waals surface area contributed by atoms with Crippen LogP contribution in [0.25, 0.3) is 0 Å². The van der Waals surface area contributed by atoms with Crippen molar-refractivity contribution < 1.29 is 4.79 Å². The van der Waals surface area contributed by atoms with Gasteiger partial charge in [-0.15, -0.1) is 0 Å². The second-order valence-corrected chi connectivity index (χ2v) is 7.44. The van der Waals surface area contributed by atoms with E-state index in [1.54, 1.807) is 0 Å². The molecule has 3 atom stereocenters. The second-order valence-electron chi connectivity index (χ2n) is 6.30. The van der Waals surface area contributed by atoms with Crippen molar-refractivity contribution in [3.63, 3.8) is 0 Å². The molecule has 17 heavy (non-hydrogen) atoms. The Kier molecular flexibility index (Phi) is 3.62. The number of thioether (sulfide) groups is 1. The van der Waals surface area contributed by atoms with Crippen LogP contribution in [0.5, 0.6) is 0 Å². The normalized spacial score (nSPS) is 32.7. The number of amides is 2. The van der Waals surface area contributed by atoms with Crippen LogP contribution >= 0.6 is 11.8 Å². The molecule has 0 aromatic carbocycles. The number of hydrogen-bond donors (Lipinski definition) is 1. The Hall–Kier alpha value is -0.380. The molecule has 0 aromatic rings. The number of rotatable bonds is 1. The zero-order valence-electron chi connectivity index (χ0n) is 11.3. The van der Waals surface area contributed by atoms with Gasteiger partial charge in [-0.2, -0.15) is 11.8 Å². The molecule has 2 saturated heterocycles. The third-order valence-corrected chi connectivity index (χ3v) is 4.79. The number of carbonyl (C=O) groups excluding carboxylic acids is 1. The monoisotopic (exact) mass is 256 g/mol. The average molecular weight is 256 g/mol. The third kappa shape index (κ3) is 2.90. The fraction of sp³-hybridized carbons (Fsp3) is 0.923. The summed E-state index contributed by atoms with van der Waals surface area (Å²) in [6.45, 7) is 6.13. The third-order valence-electron chi connectivity index (χ3n) is 3.74. The summed E-state index contributed by atoms with van der Waals surface area (Å²) in [6, 6.07) is 1.10. The topological polar surface area (TPSA) is 32.3 Å². The van der Waals surface area contributed by atoms with Crippen molar-refractivity contribution in [2.24, 2.45) is 0 Å². The van der Waals surface area contributed by atoms with Crippen molar-refractivity contribution in [3.05, 3.63) is 0 Å². The van der Waals surface area contributed by atoms with E-state index < -0.39 is 0 Å². The van der Waals surface area contributed by atoms with Crippen LogP contribution in [0.1, 0.15) is 46.5 Å². The molecule has 1 unspecified atom stereocenters. The van der Waals surface area contributed by atoms with Crippen LogP contribution in [-0.4, -0.2) is 40.1 Å². The van der Waals surface area contributed by atoms with E-state index in [-0.39, 0.29) is 11.6 Å². The zero-order valence-corrected chi connectivity index (χ0v) is 12.1. The fourth-order valence-corrected chi connectivity index (χ4v) is 3.87. The highest BCUT2D eigenvalue weighted by atomic mass is 32.2. The molecule has 2 amide bonds. The lowest BCUT2D eigenvalue weighted by Crippen LogP contribution is -2.55. The van der Waals surface area contributed by atoms with Gasteiger partial charge in [-0.25, -0.2) is 4.79 Å². The predicted molar refractivity (Wildman–Crippen MR) is 73.5 cm³/mol. The Balaban J connectivity index is 2.01. The van der Waals surface area contributed by atoms with Gasteiger partial charge < -0.3 is 10.2 Å². The maximum Gasteiger partial charge on any atom is 0.318 e. The van der Waals surface area contributed by atoms with Gasteiger partial charge >= 0.3 is 6.03 Å². The van der Waals surface area contributed by atoms with E-state index in [2.05, 4.69) is 16.5 Å². The van der Waals surface area contributed by atoms with E-state index in [1.165, 1.54) is 25.7 Å². The molecule has 3 nitrogen and oxygen atoms in total. The second kappa shape index (κ2) is 4.71. The number of piperidine rings is 1. The maximum atomic E-state index is 12.3. The molecule has 2 heterocycles. The molecule has 2 fully saturated rings. The first kappa shape index (κ1) is 13.1. The molecule has 2 aliphatic heterocycles. The summed E-state index contributed by atoms with van der Waals surface area (Å²) in [4.78, 5) is 14.4. The van der Waals surface area contributed by atoms with E-state index in [0.29, 0.717) is 12.1 Å². The summed E-state index contributed by atoms with van der Waals surface area (Å²) in [7, 11) is 0. The quantitative estimate of drug-likeness (QED) is 0.782. The van der Waals surface area contributed by atoms with E-state index in [0.717, 1.165) is 5.25 Å². The average Bonchev–Trinajstić information content (AvgIpc) is 2.47. The fourth-order valence-electron chi connectivity index (χ4n) is 3.04. The number of fused-ring (bicyclic) bond motifs is 2. The summed E-state index contributed by atoms with van der Waals surface area (Å²) in [5, 5.41) is 3.86. The van der Waals surface area contributed by atoms with Crippen LogP contribution < -0.4 is 5.32 Å². The number of carbonyl (C=O) groups is 1. The number of hydrogen-bond acceptors (Lipinski definition) is 2. The van der Waals surface area contributed by atoms with E-state index in [1.807, 2.05) is 32.5 Å². The van der Waals surface area contributed by atoms with Crippen molar-refractivity contribution >= 4 is 17.8 Å². The lowest BCUT2D eigenvalue weighted by Gasteiger charge is -2.39. The SMILES string of the molecule is CSC1C[C@H]2CC[C@@H](C1)N2C(=O)NC(C)(C)C. The van der Waals surface area contributed by atoms with Gasteiger partial charge in [0, 0.05) is 22.9 Å². The van der Waals surface area contributed by atoms with E-state index in [4.69, 9.17) is 0 Å². The minimum atomic E-state index is -0.132. The molecule has 4 heteroatoms. The van der Waals surface area contributed by atoms with Crippen LogP contribution in [0.3, 0.4) is 0 Å². The molecular weight excluding hydrogens is 232 g/mol. The number of nitrogens with one attached hydrogen (secondary N) is 1. The lowest BCUT2D eigenvalue weighted by atomic mass is 10.0. The molecular formula is C13H24N2OS. The molecule has 0 aromatic heterocycles. The van der Waals surface area contributed by atoms with Crippen LogP contribution in [0.15, 0.2) is 0 Å². The van der Waals surface area contributed by atoms with Crippen molar-refractivity contribution in [1.82, 2.24) is 10.2 Å². The summed E-state index contributed by atoms with van der Waals surface area (Å²) >= 11 is 1.96. The summed E-state index contributed by atoms with van der Waals surface area (Å²) in [6.07, 6.45) is 6.93. The standard InChI is InChI=1S/C13H24N2OS/c1-13(2,3)14-12(16)15-9-5-6-10(15)8-11(7-9)17-4/h9-11H,5-8H2,1-4H3,(H,14,16)/t9-,10+,11?. The van der Waals surface area contributed by atoms with Crippen LogP contribution in [0.2, 0.25) is 0 Å². The highest BCUT2D eigenvalue weighted by molar-refractivity contribution is 7.99. The highest BCUT2D eigenvalue weighted by Gasteiger charge is 2.43. The van der Waals surface area contributed by atoms with Gasteiger partial charge in [-0.3, -0.25) is 0 Å². The zero-order chi connectivity index (χ0) is 12.6. The van der Waals surface area contributed by atoms with Crippen LogP contribution in [-0.2, 0) is 0 Å². The first-order chi connectivity index (χ1) is 7.90. The summed E-state index contributed by atoms with van der Waals surface area (Å²) < 4.78 is 0. The Bertz CT molecular complexity index is 286. The van der Waals surface area contributed by atoms with E-state index >= 15 is 0 Å². The van der Waals surface area contributed by atoms with Gasteiger partial charge in [0.1, 0.15) is 0 Å². The summed E-state index contributed by atoms with van der Waals surface area (Å²) in [5.74, 6) is 0. The minimum absolute atomic E-state index is 0.132. The molecule has 2 rings (SSSR count). The molecule has 2 bridgehead atoms. The van der Waals surface area contributed by atoms with E-state index in [9.17, 15) is 4.79 Å². The number of nitrogens with zero attached hydrogens (tertiary/aromatic N) is 1. The van der Waals surface area contributed by atoms with Crippen LogP contribution in [0.4, 0.5) is 4.79 Å². The molecule has 0 radical (unpaired) electrons. The van der Waals surface area contributed by atoms with Gasteiger partial charge in [-0.1, -0.05) is 0 Å². The largest absolute Gasteiger partial charge is 0.333 e. The highest BCUT2D eigenvalue weighted by Crippen LogP contribution is 2.39. The van der Waals surface area contributed by atoms with Gasteiger partial charge in [0.05, 0.1) is 0 Å². The van der Waals surface area contributed by atoms with Gasteiger partial charge in [0.25, 0.3) is 0 Å². The maximum absolute atomic E-state index is 12.3. The summed E-state index contributed by atoms with van der Waals surface area (Å²) in [5.41, 5.74) is -0.132. The van der Waals surface area contributed by atoms with Crippen molar-refractivity contribution in [1.29, 1.82) is 0 Å². The van der Waals surface area contributed by atoms with Crippen molar-refractivity contribution in [2.45, 2.75) is 69.3 Å². The Morgan fingerprint density at radius 3 is 2.18 bits per heavy atom. The Labute approximate surface area is 109 Å². The lowest BCUT2D eigenvalue weighted by molar-refractivity contribution is 0.142. The Morgan fingerprint density at radius 2 is 1.76 bits per heavy atom. The smallest absolute Gasteiger partial charge is 0.318 e. The Morgan fingerprint density at radius 1 is 1.24 bits per heavy atom. The van der Waals surface area contributed by atoms with Gasteiger partial charge in [-0.05, 0) is 52.7 Å². The minimum Gasteiger partial charge on any atom is -0.333 e. The molecule has 0 saturated carbocycles. The molecule has 2 aliphatic rings. The van der Waals surface area contributed by atoms with Crippen molar-refractivity contribution in [3.8, 4) is 0 Å². The van der Waals surface area contributed by atoms with Gasteiger partial charge in [0.15, 0.2) is 0 Å². The van der Waals surface area contributed by atoms with Gasteiger partial charge in [0.2, 0.25) is 0 Å². The first-order valence-electron chi connectivity index (χ1n) is 6.54. The molecule has 1 N–H and O–H groups in total. The molecule has 0 aliphatic carbocycles. The van der Waals surface area contributed by atoms with Crippen molar-refractivity contribution in [2.75, 3.05) is 6.26 Å². The molecule has 0 spiro atoms. The predicted octanol–water partition coefficient (Wildman–Crippen LogP) is 2.85. The van der Waals surface area contributed by atoms with Crippen LogP contribution in [0, 0.1) is 0 Å². The first-order valence-corrected chi connectivity index (χ1v) is 7.83. The number of urea groups is 1.